The highest BCUT2D eigenvalue weighted by Gasteiger charge is 2.28. The number of ketones is 1. The first-order valence-corrected chi connectivity index (χ1v) is 11.9. The molecule has 2 amide bonds. The molecule has 1 heterocycles. The lowest BCUT2D eigenvalue weighted by Gasteiger charge is -2.19. The largest absolute Gasteiger partial charge is 0.373 e. The fraction of sp³-hybridized carbons (Fsp3) is 0.233. The molecule has 0 bridgehead atoms. The third kappa shape index (κ3) is 6.19. The summed E-state index contributed by atoms with van der Waals surface area (Å²) in [5, 5.41) is 6.13. The van der Waals surface area contributed by atoms with Crippen LogP contribution in [-0.2, 0) is 27.3 Å². The van der Waals surface area contributed by atoms with Gasteiger partial charge in [0, 0.05) is 42.5 Å². The first kappa shape index (κ1) is 24.7. The van der Waals surface area contributed by atoms with Crippen molar-refractivity contribution in [3.8, 4) is 11.8 Å². The van der Waals surface area contributed by atoms with E-state index in [1.165, 1.54) is 6.92 Å². The number of carbonyl (C=O) groups is 3. The molecule has 182 valence electrons. The number of likely N-dealkylation sites (N-methyl/N-ethyl adjacent to an activating group) is 1. The first-order chi connectivity index (χ1) is 17.3. The molecule has 0 radical (unpaired) electrons. The Kier molecular flexibility index (Phi) is 7.50. The van der Waals surface area contributed by atoms with Crippen LogP contribution in [0.5, 0.6) is 0 Å². The van der Waals surface area contributed by atoms with Crippen LogP contribution in [0.15, 0.2) is 66.7 Å². The number of nitrogens with one attached hydrogen (secondary N) is 2. The number of anilines is 2. The molecule has 0 spiro atoms. The third-order valence-corrected chi connectivity index (χ3v) is 6.10. The van der Waals surface area contributed by atoms with Crippen molar-refractivity contribution < 1.29 is 14.4 Å². The molecule has 1 atom stereocenters. The number of benzene rings is 3. The van der Waals surface area contributed by atoms with Crippen LogP contribution in [0.4, 0.5) is 11.4 Å². The smallest absolute Gasteiger partial charge is 0.245 e. The van der Waals surface area contributed by atoms with Crippen LogP contribution in [-0.4, -0.2) is 35.6 Å². The van der Waals surface area contributed by atoms with Gasteiger partial charge in [0.2, 0.25) is 11.8 Å². The van der Waals surface area contributed by atoms with Crippen molar-refractivity contribution in [2.24, 2.45) is 0 Å². The molecule has 1 aliphatic heterocycles. The molecule has 0 saturated heterocycles. The van der Waals surface area contributed by atoms with E-state index in [2.05, 4.69) is 22.5 Å². The lowest BCUT2D eigenvalue weighted by atomic mass is 10.1. The molecule has 3 aromatic rings. The molecular formula is C30H29N3O3. The van der Waals surface area contributed by atoms with Gasteiger partial charge >= 0.3 is 0 Å². The number of amides is 2. The number of fused-ring (bicyclic) bond motifs is 1. The molecule has 36 heavy (non-hydrogen) atoms. The molecule has 1 unspecified atom stereocenters. The summed E-state index contributed by atoms with van der Waals surface area (Å²) in [6.45, 7) is 3.94. The van der Waals surface area contributed by atoms with Crippen LogP contribution in [0.1, 0.15) is 41.2 Å². The number of hydrogen-bond donors (Lipinski definition) is 2. The summed E-state index contributed by atoms with van der Waals surface area (Å²) in [5.74, 6) is 6.03. The molecule has 4 rings (SSSR count). The van der Waals surface area contributed by atoms with Gasteiger partial charge in [-0.1, -0.05) is 48.2 Å². The molecule has 0 aromatic heterocycles. The summed E-state index contributed by atoms with van der Waals surface area (Å²) >= 11 is 0. The van der Waals surface area contributed by atoms with Crippen LogP contribution in [0.25, 0.3) is 0 Å². The Morgan fingerprint density at radius 2 is 1.81 bits per heavy atom. The van der Waals surface area contributed by atoms with E-state index in [0.29, 0.717) is 12.2 Å². The van der Waals surface area contributed by atoms with E-state index in [1.807, 2.05) is 73.7 Å². The average Bonchev–Trinajstić information content (AvgIpc) is 2.95. The Hall–Kier alpha value is -4.37. The number of carbonyl (C=O) groups excluding carboxylic acids is 3. The molecule has 0 saturated carbocycles. The van der Waals surface area contributed by atoms with Gasteiger partial charge in [0.25, 0.3) is 0 Å². The Labute approximate surface area is 211 Å². The highest BCUT2D eigenvalue weighted by atomic mass is 16.2. The van der Waals surface area contributed by atoms with Gasteiger partial charge in [-0.05, 0) is 60.9 Å². The predicted octanol–water partition coefficient (Wildman–Crippen LogP) is 4.31. The van der Waals surface area contributed by atoms with Crippen LogP contribution in [0.2, 0.25) is 0 Å². The minimum absolute atomic E-state index is 0.0608. The lowest BCUT2D eigenvalue weighted by Crippen LogP contribution is -2.39. The summed E-state index contributed by atoms with van der Waals surface area (Å²) in [4.78, 5) is 38.5. The van der Waals surface area contributed by atoms with E-state index in [0.717, 1.165) is 33.5 Å². The zero-order chi connectivity index (χ0) is 25.7. The van der Waals surface area contributed by atoms with Crippen molar-refractivity contribution in [1.82, 2.24) is 4.90 Å². The summed E-state index contributed by atoms with van der Waals surface area (Å²) < 4.78 is 0. The second-order valence-corrected chi connectivity index (χ2v) is 9.16. The van der Waals surface area contributed by atoms with Gasteiger partial charge in [-0.2, -0.15) is 0 Å². The number of hydrogen-bond acceptors (Lipinski definition) is 4. The molecule has 6 heteroatoms. The van der Waals surface area contributed by atoms with E-state index in [9.17, 15) is 14.4 Å². The summed E-state index contributed by atoms with van der Waals surface area (Å²) in [6, 6.07) is 20.6. The maximum atomic E-state index is 12.7. The highest BCUT2D eigenvalue weighted by molar-refractivity contribution is 5.94. The average molecular weight is 480 g/mol. The SMILES string of the molecule is CC(=O)CC1Nc2cc(NC(=O)Cc3ccc(C#Cc4ccccc4C)cc3)ccc2CN(C)C1=O. The monoisotopic (exact) mass is 479 g/mol. The second kappa shape index (κ2) is 10.9. The summed E-state index contributed by atoms with van der Waals surface area (Å²) in [7, 11) is 1.72. The van der Waals surface area contributed by atoms with Gasteiger partial charge in [0.05, 0.1) is 6.42 Å². The van der Waals surface area contributed by atoms with E-state index in [4.69, 9.17) is 0 Å². The zero-order valence-corrected chi connectivity index (χ0v) is 20.7. The van der Waals surface area contributed by atoms with Gasteiger partial charge in [-0.15, -0.1) is 0 Å². The maximum Gasteiger partial charge on any atom is 0.245 e. The summed E-state index contributed by atoms with van der Waals surface area (Å²) in [6.07, 6.45) is 0.342. The quantitative estimate of drug-likeness (QED) is 0.535. The van der Waals surface area contributed by atoms with Crippen molar-refractivity contribution in [3.63, 3.8) is 0 Å². The van der Waals surface area contributed by atoms with Crippen LogP contribution in [0, 0.1) is 18.8 Å². The topological polar surface area (TPSA) is 78.5 Å². The Bertz CT molecular complexity index is 1370. The van der Waals surface area contributed by atoms with E-state index in [1.54, 1.807) is 11.9 Å². The highest BCUT2D eigenvalue weighted by Crippen LogP contribution is 2.27. The van der Waals surface area contributed by atoms with Crippen molar-refractivity contribution in [1.29, 1.82) is 0 Å². The van der Waals surface area contributed by atoms with E-state index < -0.39 is 6.04 Å². The molecule has 6 nitrogen and oxygen atoms in total. The maximum absolute atomic E-state index is 12.7. The van der Waals surface area contributed by atoms with Crippen molar-refractivity contribution >= 4 is 29.0 Å². The second-order valence-electron chi connectivity index (χ2n) is 9.16. The first-order valence-electron chi connectivity index (χ1n) is 11.9. The molecule has 1 aliphatic rings. The van der Waals surface area contributed by atoms with E-state index >= 15 is 0 Å². The standard InChI is InChI=1S/C30H29N3O3/c1-20-6-4-5-7-24(20)13-12-22-8-10-23(11-9-22)17-29(35)31-26-15-14-25-19-33(3)30(36)28(16-21(2)34)32-27(25)18-26/h4-11,14-15,18,28,32H,16-17,19H2,1-3H3,(H,31,35). The van der Waals surface area contributed by atoms with Crippen LogP contribution < -0.4 is 10.6 Å². The Balaban J connectivity index is 1.41. The molecule has 0 fully saturated rings. The number of nitrogens with zero attached hydrogens (tertiary/aromatic N) is 1. The van der Waals surface area contributed by atoms with Gasteiger partial charge in [0.1, 0.15) is 11.8 Å². The van der Waals surface area contributed by atoms with Crippen molar-refractivity contribution in [3.05, 3.63) is 94.5 Å². The fourth-order valence-electron chi connectivity index (χ4n) is 4.15. The number of Topliss-reactive ketones (excluding diaryl/α,β-unsaturated/α-hetero) is 1. The lowest BCUT2D eigenvalue weighted by molar-refractivity contribution is -0.133. The summed E-state index contributed by atoms with van der Waals surface area (Å²) in [5.41, 5.74) is 6.21. The molecule has 0 aliphatic carbocycles. The zero-order valence-electron chi connectivity index (χ0n) is 20.7. The number of aryl methyl sites for hydroxylation is 1. The predicted molar refractivity (Wildman–Crippen MR) is 142 cm³/mol. The van der Waals surface area contributed by atoms with Gasteiger partial charge < -0.3 is 15.5 Å². The van der Waals surface area contributed by atoms with Gasteiger partial charge in [0.15, 0.2) is 0 Å². The normalized spacial score (nSPS) is 14.6. The van der Waals surface area contributed by atoms with Gasteiger partial charge in [-0.25, -0.2) is 0 Å². The van der Waals surface area contributed by atoms with Crippen LogP contribution in [0.3, 0.4) is 0 Å². The van der Waals surface area contributed by atoms with Crippen LogP contribution >= 0.6 is 0 Å². The van der Waals surface area contributed by atoms with Crippen molar-refractivity contribution in [2.45, 2.75) is 39.3 Å². The molecule has 2 N–H and O–H groups in total. The minimum Gasteiger partial charge on any atom is -0.373 e. The number of rotatable bonds is 5. The fourth-order valence-corrected chi connectivity index (χ4v) is 4.15. The molecular weight excluding hydrogens is 450 g/mol. The van der Waals surface area contributed by atoms with E-state index in [-0.39, 0.29) is 30.4 Å². The third-order valence-electron chi connectivity index (χ3n) is 6.10. The Morgan fingerprint density at radius 3 is 2.53 bits per heavy atom. The van der Waals surface area contributed by atoms with Gasteiger partial charge in [-0.3, -0.25) is 14.4 Å². The molecule has 3 aromatic carbocycles. The van der Waals surface area contributed by atoms with Crippen molar-refractivity contribution in [2.75, 3.05) is 17.7 Å². The minimum atomic E-state index is -0.618. The Morgan fingerprint density at radius 1 is 1.06 bits per heavy atom.